The van der Waals surface area contributed by atoms with E-state index in [1.54, 1.807) is 6.26 Å². The van der Waals surface area contributed by atoms with Gasteiger partial charge in [-0.3, -0.25) is 0 Å². The predicted octanol–water partition coefficient (Wildman–Crippen LogP) is 0.704. The Bertz CT molecular complexity index is 213. The SMILES string of the molecule is [C]1=CC2=COCC2=CN1. The lowest BCUT2D eigenvalue weighted by Gasteiger charge is -2.01. The van der Waals surface area contributed by atoms with Crippen molar-refractivity contribution in [2.24, 2.45) is 0 Å². The van der Waals surface area contributed by atoms with Gasteiger partial charge in [-0.05, 0) is 6.08 Å². The van der Waals surface area contributed by atoms with E-state index in [2.05, 4.69) is 11.5 Å². The normalized spacial score (nSPS) is 21.3. The number of ether oxygens (including phenoxy) is 1. The molecule has 0 saturated heterocycles. The van der Waals surface area contributed by atoms with E-state index < -0.39 is 0 Å². The van der Waals surface area contributed by atoms with E-state index in [0.717, 1.165) is 5.57 Å². The Morgan fingerprint density at radius 1 is 1.67 bits per heavy atom. The van der Waals surface area contributed by atoms with Gasteiger partial charge in [0.05, 0.1) is 12.5 Å². The second-order valence-corrected chi connectivity index (χ2v) is 1.99. The van der Waals surface area contributed by atoms with Gasteiger partial charge in [0.15, 0.2) is 0 Å². The van der Waals surface area contributed by atoms with Crippen molar-refractivity contribution in [3.8, 4) is 0 Å². The first-order valence-electron chi connectivity index (χ1n) is 2.82. The summed E-state index contributed by atoms with van der Waals surface area (Å²) in [4.78, 5) is 0. The standard InChI is InChI=1S/C7H6NO/c1-2-8-3-7-5-9-4-6(1)7/h1,3-4,8H,5H2. The summed E-state index contributed by atoms with van der Waals surface area (Å²) in [5.74, 6) is 0. The highest BCUT2D eigenvalue weighted by atomic mass is 16.5. The van der Waals surface area contributed by atoms with Gasteiger partial charge in [0.2, 0.25) is 0 Å². The Kier molecular flexibility index (Phi) is 0.859. The van der Waals surface area contributed by atoms with Crippen molar-refractivity contribution in [2.45, 2.75) is 0 Å². The zero-order valence-corrected chi connectivity index (χ0v) is 4.85. The van der Waals surface area contributed by atoms with Gasteiger partial charge < -0.3 is 10.1 Å². The van der Waals surface area contributed by atoms with E-state index >= 15 is 0 Å². The van der Waals surface area contributed by atoms with E-state index in [4.69, 9.17) is 4.74 Å². The van der Waals surface area contributed by atoms with Crippen molar-refractivity contribution >= 4 is 0 Å². The second kappa shape index (κ2) is 1.65. The van der Waals surface area contributed by atoms with Crippen LogP contribution in [-0.4, -0.2) is 6.61 Å². The first kappa shape index (κ1) is 4.68. The first-order valence-corrected chi connectivity index (χ1v) is 2.82. The zero-order chi connectivity index (χ0) is 6.10. The third kappa shape index (κ3) is 0.633. The van der Waals surface area contributed by atoms with Crippen LogP contribution in [0.3, 0.4) is 0 Å². The lowest BCUT2D eigenvalue weighted by molar-refractivity contribution is 0.301. The Hall–Kier alpha value is -1.18. The molecule has 1 N–H and O–H groups in total. The number of hydrogen-bond donors (Lipinski definition) is 1. The largest absolute Gasteiger partial charge is 0.496 e. The molecule has 2 nitrogen and oxygen atoms in total. The average molecular weight is 120 g/mol. The minimum absolute atomic E-state index is 0.695. The van der Waals surface area contributed by atoms with Crippen LogP contribution < -0.4 is 5.32 Å². The number of hydrogen-bond acceptors (Lipinski definition) is 2. The summed E-state index contributed by atoms with van der Waals surface area (Å²) < 4.78 is 5.05. The number of fused-ring (bicyclic) bond motifs is 1. The Balaban J connectivity index is 2.37. The fourth-order valence-electron chi connectivity index (χ4n) is 0.880. The van der Waals surface area contributed by atoms with Gasteiger partial charge in [-0.1, -0.05) is 0 Å². The number of rotatable bonds is 0. The lowest BCUT2D eigenvalue weighted by Crippen LogP contribution is -2.03. The molecule has 2 aliphatic heterocycles. The van der Waals surface area contributed by atoms with Crippen molar-refractivity contribution in [3.63, 3.8) is 0 Å². The second-order valence-electron chi connectivity index (χ2n) is 1.99. The van der Waals surface area contributed by atoms with Gasteiger partial charge in [-0.2, -0.15) is 0 Å². The smallest absolute Gasteiger partial charge is 0.115 e. The number of allylic oxidation sites excluding steroid dienone is 1. The molecule has 0 fully saturated rings. The summed E-state index contributed by atoms with van der Waals surface area (Å²) in [7, 11) is 0. The Morgan fingerprint density at radius 2 is 2.67 bits per heavy atom. The fourth-order valence-corrected chi connectivity index (χ4v) is 0.880. The van der Waals surface area contributed by atoms with E-state index in [0.29, 0.717) is 6.61 Å². The minimum atomic E-state index is 0.695. The van der Waals surface area contributed by atoms with Crippen LogP contribution in [0.5, 0.6) is 0 Å². The minimum Gasteiger partial charge on any atom is -0.496 e. The highest BCUT2D eigenvalue weighted by molar-refractivity contribution is 5.42. The first-order chi connectivity index (χ1) is 4.47. The summed E-state index contributed by atoms with van der Waals surface area (Å²) in [6.45, 7) is 0.695. The highest BCUT2D eigenvalue weighted by Crippen LogP contribution is 2.19. The highest BCUT2D eigenvalue weighted by Gasteiger charge is 2.11. The summed E-state index contributed by atoms with van der Waals surface area (Å²) in [6.07, 6.45) is 8.39. The van der Waals surface area contributed by atoms with Crippen molar-refractivity contribution in [2.75, 3.05) is 6.61 Å². The molecule has 0 bridgehead atoms. The maximum atomic E-state index is 5.05. The monoisotopic (exact) mass is 120 g/mol. The summed E-state index contributed by atoms with van der Waals surface area (Å²) in [5, 5.41) is 2.87. The molecular formula is C7H6NO. The topological polar surface area (TPSA) is 21.3 Å². The molecule has 0 saturated carbocycles. The Morgan fingerprint density at radius 3 is 3.56 bits per heavy atom. The molecule has 0 amide bonds. The van der Waals surface area contributed by atoms with Crippen molar-refractivity contribution in [3.05, 3.63) is 35.9 Å². The molecule has 0 atom stereocenters. The molecule has 1 radical (unpaired) electrons. The van der Waals surface area contributed by atoms with Gasteiger partial charge in [-0.15, -0.1) is 0 Å². The van der Waals surface area contributed by atoms with E-state index in [1.807, 2.05) is 12.3 Å². The number of dihydropyridines is 1. The zero-order valence-electron chi connectivity index (χ0n) is 4.85. The van der Waals surface area contributed by atoms with E-state index in [-0.39, 0.29) is 0 Å². The van der Waals surface area contributed by atoms with Crippen LogP contribution in [0.2, 0.25) is 0 Å². The van der Waals surface area contributed by atoms with Crippen LogP contribution in [0.15, 0.2) is 29.7 Å². The van der Waals surface area contributed by atoms with Gasteiger partial charge in [0.1, 0.15) is 6.61 Å². The molecule has 0 aromatic carbocycles. The molecule has 2 aliphatic rings. The quantitative estimate of drug-likeness (QED) is 0.508. The van der Waals surface area contributed by atoms with Gasteiger partial charge in [0, 0.05) is 17.3 Å². The van der Waals surface area contributed by atoms with Crippen LogP contribution in [0.25, 0.3) is 0 Å². The molecule has 0 aromatic rings. The van der Waals surface area contributed by atoms with Gasteiger partial charge in [-0.25, -0.2) is 0 Å². The van der Waals surface area contributed by atoms with E-state index in [9.17, 15) is 0 Å². The van der Waals surface area contributed by atoms with Crippen LogP contribution in [-0.2, 0) is 4.74 Å². The maximum absolute atomic E-state index is 5.05. The van der Waals surface area contributed by atoms with Crippen molar-refractivity contribution in [1.29, 1.82) is 0 Å². The molecular weight excluding hydrogens is 114 g/mol. The molecule has 0 spiro atoms. The van der Waals surface area contributed by atoms with Crippen LogP contribution in [0, 0.1) is 6.20 Å². The third-order valence-corrected chi connectivity index (χ3v) is 1.38. The fraction of sp³-hybridized carbons (Fsp3) is 0.143. The number of nitrogens with one attached hydrogen (secondary N) is 1. The van der Waals surface area contributed by atoms with E-state index in [1.165, 1.54) is 5.57 Å². The van der Waals surface area contributed by atoms with Crippen LogP contribution >= 0.6 is 0 Å². The van der Waals surface area contributed by atoms with Gasteiger partial charge in [0.25, 0.3) is 0 Å². The van der Waals surface area contributed by atoms with Gasteiger partial charge >= 0.3 is 0 Å². The predicted molar refractivity (Wildman–Crippen MR) is 33.1 cm³/mol. The maximum Gasteiger partial charge on any atom is 0.115 e. The summed E-state index contributed by atoms with van der Waals surface area (Å²) >= 11 is 0. The third-order valence-electron chi connectivity index (χ3n) is 1.38. The molecule has 2 heteroatoms. The van der Waals surface area contributed by atoms with Crippen LogP contribution in [0.1, 0.15) is 0 Å². The molecule has 2 heterocycles. The Labute approximate surface area is 53.5 Å². The molecule has 45 valence electrons. The van der Waals surface area contributed by atoms with Crippen LogP contribution in [0.4, 0.5) is 0 Å². The summed E-state index contributed by atoms with van der Waals surface area (Å²) in [5.41, 5.74) is 2.34. The van der Waals surface area contributed by atoms with Crippen molar-refractivity contribution < 1.29 is 4.74 Å². The molecule has 0 aliphatic carbocycles. The average Bonchev–Trinajstić information content (AvgIpc) is 2.33. The molecule has 0 unspecified atom stereocenters. The summed E-state index contributed by atoms with van der Waals surface area (Å²) in [6, 6.07) is 0. The lowest BCUT2D eigenvalue weighted by atomic mass is 10.1. The van der Waals surface area contributed by atoms with Crippen molar-refractivity contribution in [1.82, 2.24) is 5.32 Å². The molecule has 2 rings (SSSR count). The molecule has 9 heavy (non-hydrogen) atoms. The molecule has 0 aromatic heterocycles.